The first kappa shape index (κ1) is 16.0. The van der Waals surface area contributed by atoms with Gasteiger partial charge in [0.15, 0.2) is 11.5 Å². The molecule has 1 amide bonds. The minimum atomic E-state index is -0.0837. The Morgan fingerprint density at radius 2 is 1.84 bits per heavy atom. The van der Waals surface area contributed by atoms with Gasteiger partial charge in [0.2, 0.25) is 5.76 Å². The molecule has 0 radical (unpaired) electrons. The normalized spacial score (nSPS) is 17.6. The molecular weight excluding hydrogens is 322 g/mol. The highest BCUT2D eigenvalue weighted by Crippen LogP contribution is 2.31. The Kier molecular flexibility index (Phi) is 4.31. The standard InChI is InChI=1S/C18H21N3O4/c1-13-10-17(25-19-13)18(22)21-6-4-20(5-7-21)12-14-2-3-15-16(11-14)24-9-8-23-15/h2-3,10-11H,4-9,12H2,1H3. The van der Waals surface area contributed by atoms with E-state index in [2.05, 4.69) is 16.1 Å². The Morgan fingerprint density at radius 3 is 2.56 bits per heavy atom. The van der Waals surface area contributed by atoms with Crippen molar-refractivity contribution in [3.63, 3.8) is 0 Å². The van der Waals surface area contributed by atoms with Crippen LogP contribution in [-0.4, -0.2) is 60.3 Å². The predicted molar refractivity (Wildman–Crippen MR) is 89.9 cm³/mol. The zero-order chi connectivity index (χ0) is 17.2. The number of rotatable bonds is 3. The second kappa shape index (κ2) is 6.76. The molecule has 2 aromatic rings. The van der Waals surface area contributed by atoms with Crippen LogP contribution in [-0.2, 0) is 6.54 Å². The van der Waals surface area contributed by atoms with Crippen LogP contribution in [0.4, 0.5) is 0 Å². The number of hydrogen-bond acceptors (Lipinski definition) is 6. The second-order valence-electron chi connectivity index (χ2n) is 6.38. The van der Waals surface area contributed by atoms with Crippen molar-refractivity contribution in [3.05, 3.63) is 41.3 Å². The number of carbonyl (C=O) groups is 1. The number of ether oxygens (including phenoxy) is 2. The van der Waals surface area contributed by atoms with Crippen molar-refractivity contribution in [2.45, 2.75) is 13.5 Å². The van der Waals surface area contributed by atoms with Crippen LogP contribution in [0.2, 0.25) is 0 Å². The lowest BCUT2D eigenvalue weighted by Crippen LogP contribution is -2.48. The van der Waals surface area contributed by atoms with Crippen molar-refractivity contribution in [1.82, 2.24) is 15.0 Å². The fraction of sp³-hybridized carbons (Fsp3) is 0.444. The van der Waals surface area contributed by atoms with Crippen molar-refractivity contribution < 1.29 is 18.8 Å². The monoisotopic (exact) mass is 343 g/mol. The van der Waals surface area contributed by atoms with E-state index in [1.807, 2.05) is 24.0 Å². The highest BCUT2D eigenvalue weighted by atomic mass is 16.6. The van der Waals surface area contributed by atoms with Crippen molar-refractivity contribution in [1.29, 1.82) is 0 Å². The van der Waals surface area contributed by atoms with E-state index in [-0.39, 0.29) is 5.91 Å². The van der Waals surface area contributed by atoms with Gasteiger partial charge in [-0.2, -0.15) is 0 Å². The number of carbonyl (C=O) groups excluding carboxylic acids is 1. The van der Waals surface area contributed by atoms with Gasteiger partial charge in [-0.05, 0) is 24.6 Å². The summed E-state index contributed by atoms with van der Waals surface area (Å²) in [4.78, 5) is 16.5. The molecule has 2 aliphatic rings. The first-order chi connectivity index (χ1) is 12.2. The lowest BCUT2D eigenvalue weighted by Gasteiger charge is -2.34. The van der Waals surface area contributed by atoms with Gasteiger partial charge in [0.1, 0.15) is 13.2 Å². The van der Waals surface area contributed by atoms with Gasteiger partial charge in [-0.3, -0.25) is 9.69 Å². The number of hydrogen-bond donors (Lipinski definition) is 0. The number of nitrogens with zero attached hydrogens (tertiary/aromatic N) is 3. The molecule has 1 fully saturated rings. The molecule has 7 nitrogen and oxygen atoms in total. The van der Waals surface area contributed by atoms with E-state index in [4.69, 9.17) is 14.0 Å². The molecule has 0 aliphatic carbocycles. The van der Waals surface area contributed by atoms with Gasteiger partial charge in [-0.15, -0.1) is 0 Å². The third kappa shape index (κ3) is 3.46. The van der Waals surface area contributed by atoms with E-state index in [1.165, 1.54) is 5.56 Å². The van der Waals surface area contributed by atoms with Crippen molar-refractivity contribution in [2.75, 3.05) is 39.4 Å². The molecule has 132 valence electrons. The number of fused-ring (bicyclic) bond motifs is 1. The van der Waals surface area contributed by atoms with E-state index in [9.17, 15) is 4.79 Å². The van der Waals surface area contributed by atoms with Gasteiger partial charge in [0.25, 0.3) is 5.91 Å². The summed E-state index contributed by atoms with van der Waals surface area (Å²) in [5.74, 6) is 1.86. The molecule has 1 saturated heterocycles. The number of amides is 1. The van der Waals surface area contributed by atoms with E-state index in [0.29, 0.717) is 32.1 Å². The summed E-state index contributed by atoms with van der Waals surface area (Å²) in [7, 11) is 0. The van der Waals surface area contributed by atoms with E-state index >= 15 is 0 Å². The molecule has 4 rings (SSSR count). The number of piperazine rings is 1. The molecular formula is C18H21N3O4. The Balaban J connectivity index is 1.34. The van der Waals surface area contributed by atoms with E-state index < -0.39 is 0 Å². The fourth-order valence-corrected chi connectivity index (χ4v) is 3.17. The number of aryl methyl sites for hydroxylation is 1. The summed E-state index contributed by atoms with van der Waals surface area (Å²) in [5, 5.41) is 3.78. The third-order valence-corrected chi connectivity index (χ3v) is 4.51. The van der Waals surface area contributed by atoms with Gasteiger partial charge >= 0.3 is 0 Å². The van der Waals surface area contributed by atoms with E-state index in [1.54, 1.807) is 6.07 Å². The van der Waals surface area contributed by atoms with Crippen LogP contribution in [0.15, 0.2) is 28.8 Å². The molecule has 7 heteroatoms. The average Bonchev–Trinajstić information content (AvgIpc) is 3.08. The minimum Gasteiger partial charge on any atom is -0.486 e. The fourth-order valence-electron chi connectivity index (χ4n) is 3.17. The molecule has 0 saturated carbocycles. The maximum absolute atomic E-state index is 12.4. The Hall–Kier alpha value is -2.54. The third-order valence-electron chi connectivity index (χ3n) is 4.51. The van der Waals surface area contributed by atoms with Crippen LogP contribution < -0.4 is 9.47 Å². The zero-order valence-corrected chi connectivity index (χ0v) is 14.2. The molecule has 2 aliphatic heterocycles. The first-order valence-corrected chi connectivity index (χ1v) is 8.52. The number of benzene rings is 1. The van der Waals surface area contributed by atoms with Crippen LogP contribution in [0.25, 0.3) is 0 Å². The largest absolute Gasteiger partial charge is 0.486 e. The summed E-state index contributed by atoms with van der Waals surface area (Å²) in [6.45, 7) is 6.86. The van der Waals surface area contributed by atoms with Gasteiger partial charge in [0.05, 0.1) is 5.69 Å². The molecule has 1 aromatic heterocycles. The summed E-state index contributed by atoms with van der Waals surface area (Å²) in [5.41, 5.74) is 1.91. The molecule has 0 bridgehead atoms. The smallest absolute Gasteiger partial charge is 0.292 e. The SMILES string of the molecule is Cc1cc(C(=O)N2CCN(Cc3ccc4c(c3)OCCO4)CC2)on1. The molecule has 0 N–H and O–H groups in total. The topological polar surface area (TPSA) is 68.0 Å². The quantitative estimate of drug-likeness (QED) is 0.845. The van der Waals surface area contributed by atoms with Gasteiger partial charge in [-0.1, -0.05) is 11.2 Å². The van der Waals surface area contributed by atoms with Crippen molar-refractivity contribution >= 4 is 5.91 Å². The van der Waals surface area contributed by atoms with Crippen molar-refractivity contribution in [2.24, 2.45) is 0 Å². The average molecular weight is 343 g/mol. The summed E-state index contributed by atoms with van der Waals surface area (Å²) in [6, 6.07) is 7.77. The Bertz CT molecular complexity index is 765. The minimum absolute atomic E-state index is 0.0837. The predicted octanol–water partition coefficient (Wildman–Crippen LogP) is 1.71. The van der Waals surface area contributed by atoms with Gasteiger partial charge in [-0.25, -0.2) is 0 Å². The number of aromatic nitrogens is 1. The van der Waals surface area contributed by atoms with Crippen LogP contribution in [0.5, 0.6) is 11.5 Å². The highest BCUT2D eigenvalue weighted by molar-refractivity contribution is 5.91. The summed E-state index contributed by atoms with van der Waals surface area (Å²) < 4.78 is 16.3. The summed E-state index contributed by atoms with van der Waals surface area (Å²) >= 11 is 0. The summed E-state index contributed by atoms with van der Waals surface area (Å²) in [6.07, 6.45) is 0. The molecule has 0 spiro atoms. The Morgan fingerprint density at radius 1 is 1.08 bits per heavy atom. The first-order valence-electron chi connectivity index (χ1n) is 8.52. The zero-order valence-electron chi connectivity index (χ0n) is 14.2. The lowest BCUT2D eigenvalue weighted by atomic mass is 10.1. The lowest BCUT2D eigenvalue weighted by molar-refractivity contribution is 0.0588. The highest BCUT2D eigenvalue weighted by Gasteiger charge is 2.25. The molecule has 3 heterocycles. The van der Waals surface area contributed by atoms with Gasteiger partial charge in [0, 0.05) is 38.8 Å². The van der Waals surface area contributed by atoms with Crippen molar-refractivity contribution in [3.8, 4) is 11.5 Å². The Labute approximate surface area is 146 Å². The van der Waals surface area contributed by atoms with E-state index in [0.717, 1.165) is 36.8 Å². The molecule has 0 unspecified atom stereocenters. The van der Waals surface area contributed by atoms with Crippen LogP contribution in [0.3, 0.4) is 0 Å². The maximum atomic E-state index is 12.4. The molecule has 0 atom stereocenters. The van der Waals surface area contributed by atoms with Crippen LogP contribution in [0, 0.1) is 6.92 Å². The maximum Gasteiger partial charge on any atom is 0.292 e. The van der Waals surface area contributed by atoms with Crippen LogP contribution in [0.1, 0.15) is 21.8 Å². The van der Waals surface area contributed by atoms with Crippen LogP contribution >= 0.6 is 0 Å². The van der Waals surface area contributed by atoms with Gasteiger partial charge < -0.3 is 18.9 Å². The molecule has 25 heavy (non-hydrogen) atoms. The molecule has 1 aromatic carbocycles. The second-order valence-corrected chi connectivity index (χ2v) is 6.38.